The summed E-state index contributed by atoms with van der Waals surface area (Å²) in [6.45, 7) is 3.39. The largest absolute Gasteiger partial charge is 0.377 e. The lowest BCUT2D eigenvalue weighted by Crippen LogP contribution is -2.39. The van der Waals surface area contributed by atoms with Crippen LogP contribution >= 0.6 is 0 Å². The van der Waals surface area contributed by atoms with Gasteiger partial charge in [0.1, 0.15) is 13.2 Å². The number of ether oxygens (including phenoxy) is 4. The van der Waals surface area contributed by atoms with Crippen LogP contribution in [0.4, 0.5) is 0 Å². The molecule has 0 aromatic heterocycles. The third kappa shape index (κ3) is 23.8. The van der Waals surface area contributed by atoms with Gasteiger partial charge < -0.3 is 51.7 Å². The second-order valence-corrected chi connectivity index (χ2v) is 8.01. The maximum Gasteiger partial charge on any atom is 0.246 e. The van der Waals surface area contributed by atoms with Crippen LogP contribution in [0.25, 0.3) is 0 Å². The van der Waals surface area contributed by atoms with Gasteiger partial charge >= 0.3 is 0 Å². The summed E-state index contributed by atoms with van der Waals surface area (Å²) in [5, 5.41) is 11.0. The molecule has 8 N–H and O–H groups in total. The van der Waals surface area contributed by atoms with Crippen LogP contribution in [-0.2, 0) is 38.1 Å². The van der Waals surface area contributed by atoms with E-state index in [0.717, 1.165) is 12.8 Å². The van der Waals surface area contributed by atoms with Gasteiger partial charge in [-0.15, -0.1) is 0 Å². The van der Waals surface area contributed by atoms with E-state index in [1.807, 2.05) is 0 Å². The predicted octanol–water partition coefficient (Wildman–Crippen LogP) is -2.62. The number of carbonyl (C=O) groups excluding carboxylic acids is 4. The van der Waals surface area contributed by atoms with Crippen LogP contribution < -0.4 is 32.7 Å². The standard InChI is InChI=1S/C23H46N6O8/c1-26-19(23(25)33)5-2-3-8-27-21(31)17-36-15-14-35-12-10-29-22(32)18-37-16-13-34-11-9-28-20(30)6-4-7-24/h19,26H,2-18,24H2,1H3,(H2,25,33)(H,27,31)(H,28,30)(H,29,32). The molecule has 0 spiro atoms. The molecule has 4 amide bonds. The van der Waals surface area contributed by atoms with E-state index < -0.39 is 0 Å². The first-order chi connectivity index (χ1) is 17.9. The van der Waals surface area contributed by atoms with Crippen LogP contribution in [0.2, 0.25) is 0 Å². The molecule has 0 aromatic carbocycles. The summed E-state index contributed by atoms with van der Waals surface area (Å²) >= 11 is 0. The Hall–Kier alpha value is -2.36. The highest BCUT2D eigenvalue weighted by Crippen LogP contribution is 1.99. The third-order valence-corrected chi connectivity index (χ3v) is 4.89. The molecule has 0 aromatic rings. The van der Waals surface area contributed by atoms with E-state index in [1.165, 1.54) is 0 Å². The van der Waals surface area contributed by atoms with Crippen molar-refractivity contribution in [2.24, 2.45) is 11.5 Å². The normalized spacial score (nSPS) is 11.6. The molecule has 0 aliphatic heterocycles. The summed E-state index contributed by atoms with van der Waals surface area (Å²) in [6.07, 6.45) is 3.19. The van der Waals surface area contributed by atoms with Crippen LogP contribution in [0.3, 0.4) is 0 Å². The molecule has 14 heteroatoms. The first-order valence-electron chi connectivity index (χ1n) is 12.7. The van der Waals surface area contributed by atoms with E-state index in [1.54, 1.807) is 7.05 Å². The molecule has 216 valence electrons. The maximum atomic E-state index is 11.7. The van der Waals surface area contributed by atoms with Crippen molar-refractivity contribution in [3.05, 3.63) is 0 Å². The molecule has 0 aliphatic rings. The minimum Gasteiger partial charge on any atom is -0.377 e. The fourth-order valence-corrected chi connectivity index (χ4v) is 2.88. The minimum atomic E-state index is -0.383. The number of unbranched alkanes of at least 4 members (excludes halogenated alkanes) is 1. The van der Waals surface area contributed by atoms with Crippen LogP contribution in [0.5, 0.6) is 0 Å². The Morgan fingerprint density at radius 3 is 1.70 bits per heavy atom. The molecule has 1 atom stereocenters. The van der Waals surface area contributed by atoms with E-state index >= 15 is 0 Å². The number of likely N-dealkylation sites (N-methyl/N-ethyl adjacent to an activating group) is 1. The highest BCUT2D eigenvalue weighted by molar-refractivity contribution is 5.79. The van der Waals surface area contributed by atoms with Gasteiger partial charge in [0.2, 0.25) is 23.6 Å². The van der Waals surface area contributed by atoms with Crippen molar-refractivity contribution in [1.82, 2.24) is 21.3 Å². The zero-order chi connectivity index (χ0) is 27.6. The Kier molecular flexibility index (Phi) is 23.7. The number of rotatable bonds is 26. The lowest BCUT2D eigenvalue weighted by Gasteiger charge is -2.12. The van der Waals surface area contributed by atoms with Gasteiger partial charge in [0.15, 0.2) is 0 Å². The summed E-state index contributed by atoms with van der Waals surface area (Å²) in [4.78, 5) is 45.8. The Bertz CT molecular complexity index is 626. The summed E-state index contributed by atoms with van der Waals surface area (Å²) < 4.78 is 21.1. The maximum absolute atomic E-state index is 11.7. The van der Waals surface area contributed by atoms with Crippen molar-refractivity contribution >= 4 is 23.6 Å². The molecular formula is C23H46N6O8. The number of carbonyl (C=O) groups is 4. The predicted molar refractivity (Wildman–Crippen MR) is 136 cm³/mol. The first kappa shape index (κ1) is 34.6. The highest BCUT2D eigenvalue weighted by atomic mass is 16.5. The molecule has 0 saturated carbocycles. The Labute approximate surface area is 219 Å². The van der Waals surface area contributed by atoms with Crippen molar-refractivity contribution in [2.75, 3.05) is 86.1 Å². The Balaban J connectivity index is 3.39. The third-order valence-electron chi connectivity index (χ3n) is 4.89. The van der Waals surface area contributed by atoms with Crippen LogP contribution in [0.1, 0.15) is 32.1 Å². The van der Waals surface area contributed by atoms with Gasteiger partial charge in [-0.1, -0.05) is 0 Å². The molecule has 0 aliphatic carbocycles. The van der Waals surface area contributed by atoms with E-state index in [0.29, 0.717) is 71.9 Å². The van der Waals surface area contributed by atoms with Gasteiger partial charge in [-0.2, -0.15) is 0 Å². The molecule has 0 heterocycles. The monoisotopic (exact) mass is 534 g/mol. The molecule has 14 nitrogen and oxygen atoms in total. The van der Waals surface area contributed by atoms with Crippen molar-refractivity contribution in [3.8, 4) is 0 Å². The van der Waals surface area contributed by atoms with Gasteiger partial charge in [-0.25, -0.2) is 0 Å². The van der Waals surface area contributed by atoms with Crippen LogP contribution in [-0.4, -0.2) is 116 Å². The molecule has 37 heavy (non-hydrogen) atoms. The summed E-state index contributed by atoms with van der Waals surface area (Å²) in [6, 6.07) is -0.351. The van der Waals surface area contributed by atoms with Gasteiger partial charge in [0.25, 0.3) is 0 Å². The molecule has 0 bridgehead atoms. The first-order valence-corrected chi connectivity index (χ1v) is 12.7. The average molecular weight is 535 g/mol. The van der Waals surface area contributed by atoms with Crippen molar-refractivity contribution in [1.29, 1.82) is 0 Å². The average Bonchev–Trinajstić information content (AvgIpc) is 2.87. The zero-order valence-electron chi connectivity index (χ0n) is 22.0. The second kappa shape index (κ2) is 25.3. The highest BCUT2D eigenvalue weighted by Gasteiger charge is 2.11. The smallest absolute Gasteiger partial charge is 0.246 e. The van der Waals surface area contributed by atoms with E-state index in [2.05, 4.69) is 21.3 Å². The SMILES string of the molecule is CNC(CCCCNC(=O)COCCOCCNC(=O)COCCOCCNC(=O)CCCN)C(N)=O. The molecule has 0 saturated heterocycles. The topological polar surface area (TPSA) is 205 Å². The van der Waals surface area contributed by atoms with E-state index in [9.17, 15) is 19.2 Å². The number of nitrogens with two attached hydrogens (primary N) is 2. The summed E-state index contributed by atoms with van der Waals surface area (Å²) in [5.74, 6) is -0.916. The Morgan fingerprint density at radius 1 is 0.676 bits per heavy atom. The van der Waals surface area contributed by atoms with Crippen molar-refractivity contribution in [2.45, 2.75) is 38.1 Å². The molecule has 1 unspecified atom stereocenters. The number of nitrogens with one attached hydrogen (secondary N) is 4. The quantitative estimate of drug-likeness (QED) is 0.0637. The van der Waals surface area contributed by atoms with Crippen LogP contribution in [0, 0.1) is 0 Å². The Morgan fingerprint density at radius 2 is 1.19 bits per heavy atom. The number of hydrogen-bond acceptors (Lipinski definition) is 10. The fourth-order valence-electron chi connectivity index (χ4n) is 2.88. The minimum absolute atomic E-state index is 0.0491. The molecule has 0 rings (SSSR count). The number of amides is 4. The second-order valence-electron chi connectivity index (χ2n) is 8.01. The lowest BCUT2D eigenvalue weighted by atomic mass is 10.1. The van der Waals surface area contributed by atoms with Crippen molar-refractivity contribution in [3.63, 3.8) is 0 Å². The zero-order valence-corrected chi connectivity index (χ0v) is 22.0. The van der Waals surface area contributed by atoms with Gasteiger partial charge in [0, 0.05) is 26.1 Å². The fraction of sp³-hybridized carbons (Fsp3) is 0.826. The number of hydrogen-bond donors (Lipinski definition) is 6. The van der Waals surface area contributed by atoms with Gasteiger partial charge in [0.05, 0.1) is 45.7 Å². The van der Waals surface area contributed by atoms with Gasteiger partial charge in [-0.05, 0) is 39.3 Å². The molecule has 0 fully saturated rings. The van der Waals surface area contributed by atoms with Crippen molar-refractivity contribution < 1.29 is 38.1 Å². The van der Waals surface area contributed by atoms with E-state index in [4.69, 9.17) is 30.4 Å². The summed E-state index contributed by atoms with van der Waals surface area (Å²) in [5.41, 5.74) is 10.6. The summed E-state index contributed by atoms with van der Waals surface area (Å²) in [7, 11) is 1.68. The molecule has 0 radical (unpaired) electrons. The number of primary amides is 1. The van der Waals surface area contributed by atoms with Crippen LogP contribution in [0.15, 0.2) is 0 Å². The van der Waals surface area contributed by atoms with E-state index in [-0.39, 0.29) is 56.1 Å². The lowest BCUT2D eigenvalue weighted by molar-refractivity contribution is -0.127. The van der Waals surface area contributed by atoms with Gasteiger partial charge in [-0.3, -0.25) is 19.2 Å². The molecular weight excluding hydrogens is 488 g/mol.